The molecule has 5 nitrogen and oxygen atoms in total. The molecule has 1 amide bonds. The number of para-hydroxylation sites is 1. The molecule has 144 valence electrons. The van der Waals surface area contributed by atoms with Gasteiger partial charge in [-0.1, -0.05) is 38.1 Å². The SMILES string of the molecule is COc1cccc(N2CCN(C(=O)COc3ccccc3C(C)C)CC2)c1. The summed E-state index contributed by atoms with van der Waals surface area (Å²) in [5.41, 5.74) is 2.26. The van der Waals surface area contributed by atoms with E-state index in [2.05, 4.69) is 30.9 Å². The molecule has 0 radical (unpaired) electrons. The highest BCUT2D eigenvalue weighted by atomic mass is 16.5. The first-order valence-corrected chi connectivity index (χ1v) is 9.47. The van der Waals surface area contributed by atoms with Gasteiger partial charge in [0.1, 0.15) is 11.5 Å². The molecule has 3 rings (SSSR count). The number of hydrogen-bond acceptors (Lipinski definition) is 4. The summed E-state index contributed by atoms with van der Waals surface area (Å²) in [6.45, 7) is 7.35. The van der Waals surface area contributed by atoms with Crippen LogP contribution in [0.3, 0.4) is 0 Å². The predicted octanol–water partition coefficient (Wildman–Crippen LogP) is 3.55. The molecule has 27 heavy (non-hydrogen) atoms. The lowest BCUT2D eigenvalue weighted by atomic mass is 10.0. The van der Waals surface area contributed by atoms with Crippen molar-refractivity contribution in [2.75, 3.05) is 44.8 Å². The summed E-state index contributed by atoms with van der Waals surface area (Å²) in [5.74, 6) is 2.06. The molecule has 0 bridgehead atoms. The second-order valence-electron chi connectivity index (χ2n) is 7.05. The maximum Gasteiger partial charge on any atom is 0.260 e. The predicted molar refractivity (Wildman–Crippen MR) is 108 cm³/mol. The van der Waals surface area contributed by atoms with Crippen molar-refractivity contribution in [2.45, 2.75) is 19.8 Å². The Bertz CT molecular complexity index is 768. The van der Waals surface area contributed by atoms with Gasteiger partial charge < -0.3 is 19.3 Å². The van der Waals surface area contributed by atoms with Crippen LogP contribution in [0, 0.1) is 0 Å². The molecule has 2 aromatic carbocycles. The molecule has 0 atom stereocenters. The first-order valence-electron chi connectivity index (χ1n) is 9.47. The number of carbonyl (C=O) groups excluding carboxylic acids is 1. The van der Waals surface area contributed by atoms with E-state index in [1.165, 1.54) is 0 Å². The number of benzene rings is 2. The number of nitrogens with zero attached hydrogens (tertiary/aromatic N) is 2. The highest BCUT2D eigenvalue weighted by Gasteiger charge is 2.22. The molecular formula is C22H28N2O3. The molecule has 1 heterocycles. The quantitative estimate of drug-likeness (QED) is 0.782. The molecule has 0 saturated carbocycles. The first kappa shape index (κ1) is 19.1. The average molecular weight is 368 g/mol. The number of ether oxygens (including phenoxy) is 2. The van der Waals surface area contributed by atoms with Gasteiger partial charge in [0, 0.05) is 37.9 Å². The van der Waals surface area contributed by atoms with Crippen molar-refractivity contribution in [1.82, 2.24) is 4.90 Å². The third-order valence-electron chi connectivity index (χ3n) is 4.94. The fraction of sp³-hybridized carbons (Fsp3) is 0.409. The summed E-state index contributed by atoms with van der Waals surface area (Å²) < 4.78 is 11.1. The van der Waals surface area contributed by atoms with Crippen molar-refractivity contribution < 1.29 is 14.3 Å². The number of anilines is 1. The van der Waals surface area contributed by atoms with E-state index in [1.54, 1.807) is 7.11 Å². The lowest BCUT2D eigenvalue weighted by molar-refractivity contribution is -0.133. The zero-order chi connectivity index (χ0) is 19.2. The van der Waals surface area contributed by atoms with Gasteiger partial charge in [-0.15, -0.1) is 0 Å². The maximum atomic E-state index is 12.6. The minimum atomic E-state index is 0.0406. The minimum absolute atomic E-state index is 0.0406. The summed E-state index contributed by atoms with van der Waals surface area (Å²) in [7, 11) is 1.67. The van der Waals surface area contributed by atoms with Crippen molar-refractivity contribution >= 4 is 11.6 Å². The second kappa shape index (κ2) is 8.80. The number of amides is 1. The van der Waals surface area contributed by atoms with E-state index in [4.69, 9.17) is 9.47 Å². The van der Waals surface area contributed by atoms with Crippen molar-refractivity contribution in [3.63, 3.8) is 0 Å². The van der Waals surface area contributed by atoms with Crippen LogP contribution in [0.2, 0.25) is 0 Å². The van der Waals surface area contributed by atoms with Crippen LogP contribution in [0.15, 0.2) is 48.5 Å². The topological polar surface area (TPSA) is 42.0 Å². The smallest absolute Gasteiger partial charge is 0.260 e. The summed E-state index contributed by atoms with van der Waals surface area (Å²) in [5, 5.41) is 0. The molecule has 1 saturated heterocycles. The van der Waals surface area contributed by atoms with Crippen LogP contribution in [0.1, 0.15) is 25.3 Å². The molecule has 1 aliphatic heterocycles. The summed E-state index contributed by atoms with van der Waals surface area (Å²) in [4.78, 5) is 16.7. The molecule has 0 N–H and O–H groups in total. The zero-order valence-corrected chi connectivity index (χ0v) is 16.4. The Morgan fingerprint density at radius 2 is 1.78 bits per heavy atom. The third-order valence-corrected chi connectivity index (χ3v) is 4.94. The summed E-state index contributed by atoms with van der Waals surface area (Å²) in [6, 6.07) is 16.0. The lowest BCUT2D eigenvalue weighted by Gasteiger charge is -2.36. The van der Waals surface area contributed by atoms with Gasteiger partial charge >= 0.3 is 0 Å². The van der Waals surface area contributed by atoms with E-state index in [0.29, 0.717) is 19.0 Å². The van der Waals surface area contributed by atoms with E-state index in [9.17, 15) is 4.79 Å². The van der Waals surface area contributed by atoms with E-state index in [-0.39, 0.29) is 12.5 Å². The van der Waals surface area contributed by atoms with Gasteiger partial charge in [-0.2, -0.15) is 0 Å². The van der Waals surface area contributed by atoms with Crippen molar-refractivity contribution in [3.8, 4) is 11.5 Å². The average Bonchev–Trinajstić information content (AvgIpc) is 2.72. The Balaban J connectivity index is 1.53. The lowest BCUT2D eigenvalue weighted by Crippen LogP contribution is -2.50. The zero-order valence-electron chi connectivity index (χ0n) is 16.4. The number of hydrogen-bond donors (Lipinski definition) is 0. The van der Waals surface area contributed by atoms with E-state index in [0.717, 1.165) is 35.8 Å². The van der Waals surface area contributed by atoms with Gasteiger partial charge in [0.15, 0.2) is 6.61 Å². The first-order chi connectivity index (χ1) is 13.1. The summed E-state index contributed by atoms with van der Waals surface area (Å²) in [6.07, 6.45) is 0. The highest BCUT2D eigenvalue weighted by Crippen LogP contribution is 2.26. The van der Waals surface area contributed by atoms with E-state index < -0.39 is 0 Å². The Hall–Kier alpha value is -2.69. The Morgan fingerprint density at radius 1 is 1.04 bits per heavy atom. The maximum absolute atomic E-state index is 12.6. The van der Waals surface area contributed by atoms with Gasteiger partial charge in [-0.25, -0.2) is 0 Å². The number of rotatable bonds is 6. The fourth-order valence-electron chi connectivity index (χ4n) is 3.34. The van der Waals surface area contributed by atoms with Gasteiger partial charge in [0.25, 0.3) is 5.91 Å². The van der Waals surface area contributed by atoms with Crippen LogP contribution in [-0.2, 0) is 4.79 Å². The Kier molecular flexibility index (Phi) is 6.22. The van der Waals surface area contributed by atoms with Crippen LogP contribution in [0.25, 0.3) is 0 Å². The molecule has 1 fully saturated rings. The number of carbonyl (C=O) groups is 1. The molecule has 5 heteroatoms. The molecule has 0 aromatic heterocycles. The largest absolute Gasteiger partial charge is 0.497 e. The Morgan fingerprint density at radius 3 is 2.48 bits per heavy atom. The number of methoxy groups -OCH3 is 1. The van der Waals surface area contributed by atoms with Gasteiger partial charge in [0.05, 0.1) is 7.11 Å². The minimum Gasteiger partial charge on any atom is -0.497 e. The van der Waals surface area contributed by atoms with Crippen LogP contribution in [0.5, 0.6) is 11.5 Å². The second-order valence-corrected chi connectivity index (χ2v) is 7.05. The van der Waals surface area contributed by atoms with Crippen molar-refractivity contribution in [2.24, 2.45) is 0 Å². The molecule has 0 aliphatic carbocycles. The van der Waals surface area contributed by atoms with E-state index >= 15 is 0 Å². The monoisotopic (exact) mass is 368 g/mol. The van der Waals surface area contributed by atoms with Crippen LogP contribution >= 0.6 is 0 Å². The fourth-order valence-corrected chi connectivity index (χ4v) is 3.34. The molecule has 1 aliphatic rings. The van der Waals surface area contributed by atoms with Crippen LogP contribution in [0.4, 0.5) is 5.69 Å². The summed E-state index contributed by atoms with van der Waals surface area (Å²) >= 11 is 0. The van der Waals surface area contributed by atoms with Crippen LogP contribution < -0.4 is 14.4 Å². The van der Waals surface area contributed by atoms with Gasteiger partial charge in [0.2, 0.25) is 0 Å². The number of piperazine rings is 1. The Labute approximate surface area is 161 Å². The van der Waals surface area contributed by atoms with Gasteiger partial charge in [-0.05, 0) is 29.7 Å². The van der Waals surface area contributed by atoms with Crippen LogP contribution in [-0.4, -0.2) is 50.7 Å². The third kappa shape index (κ3) is 4.73. The highest BCUT2D eigenvalue weighted by molar-refractivity contribution is 5.78. The van der Waals surface area contributed by atoms with Crippen molar-refractivity contribution in [3.05, 3.63) is 54.1 Å². The van der Waals surface area contributed by atoms with E-state index in [1.807, 2.05) is 41.3 Å². The molecule has 0 unspecified atom stereocenters. The van der Waals surface area contributed by atoms with Crippen molar-refractivity contribution in [1.29, 1.82) is 0 Å². The standard InChI is InChI=1S/C22H28N2O3/c1-17(2)20-9-4-5-10-21(20)27-16-22(25)24-13-11-23(12-14-24)18-7-6-8-19(15-18)26-3/h4-10,15,17H,11-14,16H2,1-3H3. The van der Waals surface area contributed by atoms with Gasteiger partial charge in [-0.3, -0.25) is 4.79 Å². The normalized spacial score (nSPS) is 14.4. The molecule has 2 aromatic rings. The molecular weight excluding hydrogens is 340 g/mol. The molecule has 0 spiro atoms.